The summed E-state index contributed by atoms with van der Waals surface area (Å²) in [5, 5.41) is 20.1. The third kappa shape index (κ3) is 5.71. The molecule has 1 atom stereocenters. The van der Waals surface area contributed by atoms with Gasteiger partial charge >= 0.3 is 5.91 Å². The number of hydrogen-bond donors (Lipinski definition) is 1. The first kappa shape index (κ1) is 28.4. The van der Waals surface area contributed by atoms with Crippen LogP contribution in [0, 0.1) is 5.82 Å². The van der Waals surface area contributed by atoms with E-state index in [9.17, 15) is 19.1 Å². The smallest absolute Gasteiger partial charge is 0.301 e. The number of fused-ring (bicyclic) bond motifs is 1. The van der Waals surface area contributed by atoms with E-state index in [2.05, 4.69) is 16.8 Å². The lowest BCUT2D eigenvalue weighted by atomic mass is 9.95. The zero-order valence-corrected chi connectivity index (χ0v) is 24.2. The summed E-state index contributed by atoms with van der Waals surface area (Å²) in [6.45, 7) is 4.66. The monoisotopic (exact) mass is 617 g/mol. The number of nitrogens with zero attached hydrogens (tertiary/aromatic N) is 3. The molecule has 1 N–H and O–H groups in total. The SMILES string of the molecule is C=CCOc1cccc([C@H]2/C(=C(\O)c3ccc4c(c3)OCCO4)C(=O)C(=O)N2c2nnc(SCc3ccccc3F)s2)c1. The number of ketones is 1. The van der Waals surface area contributed by atoms with Crippen LogP contribution in [0.15, 0.2) is 89.3 Å². The molecule has 43 heavy (non-hydrogen) atoms. The van der Waals surface area contributed by atoms with Gasteiger partial charge in [0.25, 0.3) is 5.78 Å². The minimum Gasteiger partial charge on any atom is -0.507 e. The predicted molar refractivity (Wildman–Crippen MR) is 160 cm³/mol. The topological polar surface area (TPSA) is 111 Å². The van der Waals surface area contributed by atoms with Crippen LogP contribution >= 0.6 is 23.1 Å². The van der Waals surface area contributed by atoms with Crippen molar-refractivity contribution in [3.05, 3.63) is 107 Å². The molecule has 2 aliphatic rings. The van der Waals surface area contributed by atoms with Gasteiger partial charge in [-0.05, 0) is 47.5 Å². The van der Waals surface area contributed by atoms with E-state index in [0.29, 0.717) is 51.7 Å². The first-order valence-corrected chi connectivity index (χ1v) is 15.0. The number of carbonyl (C=O) groups is 2. The maximum atomic E-state index is 14.1. The average molecular weight is 618 g/mol. The van der Waals surface area contributed by atoms with Crippen molar-refractivity contribution in [2.45, 2.75) is 16.1 Å². The predicted octanol–water partition coefficient (Wildman–Crippen LogP) is 5.93. The van der Waals surface area contributed by atoms with Crippen molar-refractivity contribution in [3.8, 4) is 17.2 Å². The number of aromatic nitrogens is 2. The Morgan fingerprint density at radius 3 is 2.72 bits per heavy atom. The third-order valence-electron chi connectivity index (χ3n) is 6.71. The summed E-state index contributed by atoms with van der Waals surface area (Å²) in [6, 6.07) is 17.1. The molecule has 218 valence electrons. The number of aliphatic hydroxyl groups excluding tert-OH is 1. The van der Waals surface area contributed by atoms with Crippen molar-refractivity contribution >= 4 is 45.7 Å². The van der Waals surface area contributed by atoms with Gasteiger partial charge in [-0.15, -0.1) is 10.2 Å². The average Bonchev–Trinajstić information content (AvgIpc) is 3.60. The fraction of sp³-hybridized carbons (Fsp3) is 0.161. The quantitative estimate of drug-likeness (QED) is 0.0610. The van der Waals surface area contributed by atoms with Crippen molar-refractivity contribution in [3.63, 3.8) is 0 Å². The molecule has 0 bridgehead atoms. The van der Waals surface area contributed by atoms with Gasteiger partial charge in [0.2, 0.25) is 5.13 Å². The molecule has 6 rings (SSSR count). The number of halogens is 1. The number of rotatable bonds is 9. The highest BCUT2D eigenvalue weighted by molar-refractivity contribution is 8.00. The van der Waals surface area contributed by atoms with Gasteiger partial charge in [0.05, 0.1) is 11.6 Å². The van der Waals surface area contributed by atoms with Crippen molar-refractivity contribution in [2.75, 3.05) is 24.7 Å². The molecule has 2 aliphatic heterocycles. The van der Waals surface area contributed by atoms with Crippen molar-refractivity contribution in [1.82, 2.24) is 10.2 Å². The van der Waals surface area contributed by atoms with E-state index in [1.54, 1.807) is 66.7 Å². The van der Waals surface area contributed by atoms with E-state index in [1.807, 2.05) is 0 Å². The van der Waals surface area contributed by atoms with Gasteiger partial charge in [-0.1, -0.05) is 66.1 Å². The van der Waals surface area contributed by atoms with Gasteiger partial charge < -0.3 is 19.3 Å². The fourth-order valence-electron chi connectivity index (χ4n) is 4.73. The molecule has 1 fully saturated rings. The Balaban J connectivity index is 1.40. The maximum Gasteiger partial charge on any atom is 0.301 e. The molecule has 1 aromatic heterocycles. The van der Waals surface area contributed by atoms with Gasteiger partial charge in [-0.2, -0.15) is 0 Å². The van der Waals surface area contributed by atoms with Crippen LogP contribution in [0.2, 0.25) is 0 Å². The number of ether oxygens (including phenoxy) is 3. The van der Waals surface area contributed by atoms with Crippen molar-refractivity contribution < 1.29 is 33.3 Å². The number of thioether (sulfide) groups is 1. The Labute approximate surface area is 254 Å². The Bertz CT molecular complexity index is 1760. The summed E-state index contributed by atoms with van der Waals surface area (Å²) >= 11 is 2.35. The molecule has 0 aliphatic carbocycles. The number of benzene rings is 3. The van der Waals surface area contributed by atoms with E-state index in [1.165, 1.54) is 22.7 Å². The molecular formula is C31H24FN3O6S2. The molecule has 0 spiro atoms. The Hall–Kier alpha value is -4.68. The van der Waals surface area contributed by atoms with Gasteiger partial charge in [-0.25, -0.2) is 4.39 Å². The number of anilines is 1. The number of Topliss-reactive ketones (excluding diaryl/α,β-unsaturated/α-hetero) is 1. The van der Waals surface area contributed by atoms with Crippen LogP contribution < -0.4 is 19.1 Å². The highest BCUT2D eigenvalue weighted by atomic mass is 32.2. The fourth-order valence-corrected chi connectivity index (χ4v) is 6.59. The summed E-state index contributed by atoms with van der Waals surface area (Å²) in [5.74, 6) is -0.740. The van der Waals surface area contributed by atoms with Crippen molar-refractivity contribution in [2.24, 2.45) is 0 Å². The third-order valence-corrected chi connectivity index (χ3v) is 8.82. The first-order valence-electron chi connectivity index (χ1n) is 13.2. The second kappa shape index (κ2) is 12.3. The molecule has 1 amide bonds. The highest BCUT2D eigenvalue weighted by Crippen LogP contribution is 2.45. The summed E-state index contributed by atoms with van der Waals surface area (Å²) in [6.07, 6.45) is 1.60. The molecule has 4 aromatic rings. The van der Waals surface area contributed by atoms with Gasteiger partial charge in [0, 0.05) is 11.3 Å². The molecule has 12 heteroatoms. The van der Waals surface area contributed by atoms with Crippen LogP contribution in [0.3, 0.4) is 0 Å². The number of hydrogen-bond acceptors (Lipinski definition) is 10. The van der Waals surface area contributed by atoms with Crippen molar-refractivity contribution in [1.29, 1.82) is 0 Å². The summed E-state index contributed by atoms with van der Waals surface area (Å²) < 4.78 is 31.6. The Morgan fingerprint density at radius 2 is 1.91 bits per heavy atom. The number of carbonyl (C=O) groups excluding carboxylic acids is 2. The lowest BCUT2D eigenvalue weighted by Gasteiger charge is -2.23. The van der Waals surface area contributed by atoms with Crippen LogP contribution in [0.25, 0.3) is 5.76 Å². The van der Waals surface area contributed by atoms with Crippen LogP contribution in [0.5, 0.6) is 17.2 Å². The minimum atomic E-state index is -1.04. The molecule has 3 heterocycles. The van der Waals surface area contributed by atoms with E-state index >= 15 is 0 Å². The molecule has 9 nitrogen and oxygen atoms in total. The second-order valence-electron chi connectivity index (χ2n) is 9.43. The number of amides is 1. The Morgan fingerprint density at radius 1 is 1.09 bits per heavy atom. The molecule has 3 aromatic carbocycles. The zero-order chi connectivity index (χ0) is 29.9. The van der Waals surface area contributed by atoms with E-state index in [-0.39, 0.29) is 34.5 Å². The van der Waals surface area contributed by atoms with Gasteiger partial charge in [0.15, 0.2) is 15.8 Å². The number of aliphatic hydroxyl groups is 1. The largest absolute Gasteiger partial charge is 0.507 e. The minimum absolute atomic E-state index is 0.127. The molecule has 0 unspecified atom stereocenters. The molecule has 1 saturated heterocycles. The normalized spacial score (nSPS) is 17.2. The standard InChI is InChI=1S/C31H24FN3O6S2/c1-2-12-39-21-8-5-7-18(15-21)26-25(27(36)19-10-11-23-24(16-19)41-14-13-40-23)28(37)29(38)35(26)30-33-34-31(43-30)42-17-20-6-3-4-9-22(20)32/h2-11,15-16,26,36H,1,12-14,17H2/b27-25+/t26-/m0/s1. The first-order chi connectivity index (χ1) is 20.9. The lowest BCUT2D eigenvalue weighted by molar-refractivity contribution is -0.132. The van der Waals surface area contributed by atoms with Gasteiger partial charge in [-0.3, -0.25) is 14.5 Å². The van der Waals surface area contributed by atoms with Gasteiger partial charge in [0.1, 0.15) is 37.1 Å². The Kier molecular flexibility index (Phi) is 8.12. The van der Waals surface area contributed by atoms with Crippen LogP contribution in [-0.4, -0.2) is 46.8 Å². The van der Waals surface area contributed by atoms with Crippen LogP contribution in [-0.2, 0) is 15.3 Å². The summed E-state index contributed by atoms with van der Waals surface area (Å²) in [7, 11) is 0. The molecule has 0 saturated carbocycles. The summed E-state index contributed by atoms with van der Waals surface area (Å²) in [4.78, 5) is 28.4. The van der Waals surface area contributed by atoms with E-state index in [0.717, 1.165) is 11.3 Å². The van der Waals surface area contributed by atoms with E-state index < -0.39 is 17.7 Å². The second-order valence-corrected chi connectivity index (χ2v) is 11.6. The van der Waals surface area contributed by atoms with Crippen LogP contribution in [0.4, 0.5) is 9.52 Å². The zero-order valence-electron chi connectivity index (χ0n) is 22.6. The van der Waals surface area contributed by atoms with E-state index in [4.69, 9.17) is 14.2 Å². The van der Waals surface area contributed by atoms with Crippen LogP contribution in [0.1, 0.15) is 22.7 Å². The summed E-state index contributed by atoms with van der Waals surface area (Å²) in [5.41, 5.74) is 1.17. The molecular weight excluding hydrogens is 593 g/mol. The molecule has 0 radical (unpaired) electrons. The lowest BCUT2D eigenvalue weighted by Crippen LogP contribution is -2.29. The highest BCUT2D eigenvalue weighted by Gasteiger charge is 2.48. The maximum absolute atomic E-state index is 14.1.